The maximum Gasteiger partial charge on any atom is 0.416 e. The maximum atomic E-state index is 12.6. The second kappa shape index (κ2) is 7.03. The van der Waals surface area contributed by atoms with Crippen LogP contribution in [0, 0.1) is 5.92 Å². The van der Waals surface area contributed by atoms with Gasteiger partial charge in [-0.1, -0.05) is 25.8 Å². The lowest BCUT2D eigenvalue weighted by atomic mass is 9.86. The van der Waals surface area contributed by atoms with Crippen LogP contribution in [0.5, 0.6) is 0 Å². The zero-order valence-corrected chi connectivity index (χ0v) is 12.5. The largest absolute Gasteiger partial charge is 0.416 e. The number of hydrogen-bond donors (Lipinski definition) is 2. The van der Waals surface area contributed by atoms with Gasteiger partial charge >= 0.3 is 6.18 Å². The third-order valence-corrected chi connectivity index (χ3v) is 4.10. The van der Waals surface area contributed by atoms with Gasteiger partial charge < -0.3 is 10.6 Å². The van der Waals surface area contributed by atoms with Crippen molar-refractivity contribution in [3.05, 3.63) is 29.8 Å². The molecule has 2 N–H and O–H groups in total. The van der Waals surface area contributed by atoms with E-state index in [1.165, 1.54) is 18.6 Å². The van der Waals surface area contributed by atoms with Gasteiger partial charge in [-0.3, -0.25) is 4.79 Å². The maximum absolute atomic E-state index is 12.6. The Balaban J connectivity index is 1.86. The summed E-state index contributed by atoms with van der Waals surface area (Å²) in [5.41, 5.74) is -0.430. The highest BCUT2D eigenvalue weighted by molar-refractivity contribution is 5.81. The molecule has 122 valence electrons. The number of amides is 1. The van der Waals surface area contributed by atoms with Crippen LogP contribution in [0.3, 0.4) is 0 Å². The van der Waals surface area contributed by atoms with Crippen molar-refractivity contribution in [1.29, 1.82) is 0 Å². The predicted octanol–water partition coefficient (Wildman–Crippen LogP) is 3.81. The molecule has 3 nitrogen and oxygen atoms in total. The number of carbonyl (C=O) groups is 1. The Morgan fingerprint density at radius 2 is 2.00 bits per heavy atom. The van der Waals surface area contributed by atoms with Crippen LogP contribution in [0.25, 0.3) is 0 Å². The van der Waals surface area contributed by atoms with Crippen LogP contribution in [-0.4, -0.2) is 18.5 Å². The van der Waals surface area contributed by atoms with Gasteiger partial charge in [-0.05, 0) is 37.0 Å². The van der Waals surface area contributed by atoms with Gasteiger partial charge in [0, 0.05) is 11.7 Å². The van der Waals surface area contributed by atoms with Gasteiger partial charge in [-0.2, -0.15) is 13.2 Å². The summed E-state index contributed by atoms with van der Waals surface area (Å²) in [5.74, 6) is 0.266. The fraction of sp³-hybridized carbons (Fsp3) is 0.562. The highest BCUT2D eigenvalue weighted by atomic mass is 19.4. The molecule has 1 aromatic rings. The van der Waals surface area contributed by atoms with Crippen molar-refractivity contribution in [3.63, 3.8) is 0 Å². The number of nitrogens with one attached hydrogen (secondary N) is 2. The van der Waals surface area contributed by atoms with Crippen molar-refractivity contribution in [2.24, 2.45) is 5.92 Å². The van der Waals surface area contributed by atoms with Gasteiger partial charge in [-0.25, -0.2) is 0 Å². The minimum absolute atomic E-state index is 0.0233. The molecule has 0 saturated heterocycles. The first-order valence-corrected chi connectivity index (χ1v) is 7.57. The van der Waals surface area contributed by atoms with Crippen LogP contribution >= 0.6 is 0 Å². The van der Waals surface area contributed by atoms with Crippen molar-refractivity contribution >= 4 is 11.6 Å². The topological polar surface area (TPSA) is 41.1 Å². The molecular formula is C16H21F3N2O. The van der Waals surface area contributed by atoms with Crippen molar-refractivity contribution < 1.29 is 18.0 Å². The van der Waals surface area contributed by atoms with Gasteiger partial charge in [0.25, 0.3) is 0 Å². The number of rotatable bonds is 4. The summed E-state index contributed by atoms with van der Waals surface area (Å²) < 4.78 is 37.8. The molecule has 0 spiro atoms. The number of halogens is 3. The lowest BCUT2D eigenvalue weighted by Gasteiger charge is -2.29. The standard InChI is InChI=1S/C16H21F3N2O/c1-11-5-2-3-8-14(11)21-15(22)10-20-13-7-4-6-12(9-13)16(17,18)19/h4,6-7,9,11,14,20H,2-3,5,8,10H2,1H3,(H,21,22). The Bertz CT molecular complexity index is 516. The van der Waals surface area contributed by atoms with E-state index in [0.29, 0.717) is 11.6 Å². The van der Waals surface area contributed by atoms with E-state index >= 15 is 0 Å². The Morgan fingerprint density at radius 1 is 1.27 bits per heavy atom. The number of hydrogen-bond acceptors (Lipinski definition) is 2. The highest BCUT2D eigenvalue weighted by Crippen LogP contribution is 2.30. The van der Waals surface area contributed by atoms with Gasteiger partial charge in [0.2, 0.25) is 5.91 Å². The molecule has 2 atom stereocenters. The molecule has 2 unspecified atom stereocenters. The Kier molecular flexibility index (Phi) is 5.32. The lowest BCUT2D eigenvalue weighted by molar-refractivity contribution is -0.137. The summed E-state index contributed by atoms with van der Waals surface area (Å²) in [5, 5.41) is 5.71. The van der Waals surface area contributed by atoms with Crippen molar-refractivity contribution in [2.45, 2.75) is 44.8 Å². The predicted molar refractivity (Wildman–Crippen MR) is 79.5 cm³/mol. The average Bonchev–Trinajstić information content (AvgIpc) is 2.47. The minimum Gasteiger partial charge on any atom is -0.376 e. The van der Waals surface area contributed by atoms with E-state index in [-0.39, 0.29) is 18.5 Å². The molecular weight excluding hydrogens is 293 g/mol. The van der Waals surface area contributed by atoms with Crippen molar-refractivity contribution in [2.75, 3.05) is 11.9 Å². The summed E-state index contributed by atoms with van der Waals surface area (Å²) in [7, 11) is 0. The fourth-order valence-electron chi connectivity index (χ4n) is 2.78. The van der Waals surface area contributed by atoms with Gasteiger partial charge in [0.05, 0.1) is 12.1 Å². The second-order valence-electron chi connectivity index (χ2n) is 5.87. The van der Waals surface area contributed by atoms with Crippen LogP contribution in [0.15, 0.2) is 24.3 Å². The highest BCUT2D eigenvalue weighted by Gasteiger charge is 2.30. The van der Waals surface area contributed by atoms with E-state index in [2.05, 4.69) is 17.6 Å². The number of anilines is 1. The minimum atomic E-state index is -4.38. The smallest absolute Gasteiger partial charge is 0.376 e. The van der Waals surface area contributed by atoms with Crippen LogP contribution in [0.1, 0.15) is 38.2 Å². The first kappa shape index (κ1) is 16.6. The monoisotopic (exact) mass is 314 g/mol. The van der Waals surface area contributed by atoms with Crippen molar-refractivity contribution in [1.82, 2.24) is 5.32 Å². The van der Waals surface area contributed by atoms with E-state index < -0.39 is 11.7 Å². The summed E-state index contributed by atoms with van der Waals surface area (Å²) in [6.07, 6.45) is -0.00763. The second-order valence-corrected chi connectivity index (χ2v) is 5.87. The molecule has 0 aromatic heterocycles. The molecule has 0 heterocycles. The third kappa shape index (κ3) is 4.64. The van der Waals surface area contributed by atoms with Crippen molar-refractivity contribution in [3.8, 4) is 0 Å². The Labute approximate surface area is 128 Å². The zero-order chi connectivity index (χ0) is 16.2. The molecule has 1 aliphatic rings. The van der Waals surface area contributed by atoms with E-state index in [1.54, 1.807) is 0 Å². The van der Waals surface area contributed by atoms with E-state index in [1.807, 2.05) is 0 Å². The van der Waals surface area contributed by atoms with E-state index in [0.717, 1.165) is 31.4 Å². The zero-order valence-electron chi connectivity index (χ0n) is 12.5. The first-order valence-electron chi connectivity index (χ1n) is 7.57. The van der Waals surface area contributed by atoms with E-state index in [4.69, 9.17) is 0 Å². The van der Waals surface area contributed by atoms with Crippen LogP contribution in [-0.2, 0) is 11.0 Å². The average molecular weight is 314 g/mol. The molecule has 0 bridgehead atoms. The molecule has 22 heavy (non-hydrogen) atoms. The number of benzene rings is 1. The first-order chi connectivity index (χ1) is 10.4. The molecule has 1 saturated carbocycles. The van der Waals surface area contributed by atoms with Gasteiger partial charge in [0.1, 0.15) is 0 Å². The molecule has 1 fully saturated rings. The molecule has 2 rings (SSSR count). The molecule has 6 heteroatoms. The lowest BCUT2D eigenvalue weighted by Crippen LogP contribution is -2.43. The Hall–Kier alpha value is -1.72. The van der Waals surface area contributed by atoms with Gasteiger partial charge in [0.15, 0.2) is 0 Å². The molecule has 1 amide bonds. The van der Waals surface area contributed by atoms with Crippen LogP contribution < -0.4 is 10.6 Å². The van der Waals surface area contributed by atoms with Crippen LogP contribution in [0.2, 0.25) is 0 Å². The fourth-order valence-corrected chi connectivity index (χ4v) is 2.78. The normalized spacial score (nSPS) is 22.2. The Morgan fingerprint density at radius 3 is 2.68 bits per heavy atom. The van der Waals surface area contributed by atoms with E-state index in [9.17, 15) is 18.0 Å². The van der Waals surface area contributed by atoms with Gasteiger partial charge in [-0.15, -0.1) is 0 Å². The summed E-state index contributed by atoms with van der Waals surface area (Å²) in [6, 6.07) is 5.04. The summed E-state index contributed by atoms with van der Waals surface area (Å²) >= 11 is 0. The quantitative estimate of drug-likeness (QED) is 0.887. The number of carbonyl (C=O) groups excluding carboxylic acids is 1. The summed E-state index contributed by atoms with van der Waals surface area (Å²) in [4.78, 5) is 11.9. The SMILES string of the molecule is CC1CCCCC1NC(=O)CNc1cccc(C(F)(F)F)c1. The molecule has 1 aromatic carbocycles. The number of alkyl halides is 3. The third-order valence-electron chi connectivity index (χ3n) is 4.10. The molecule has 1 aliphatic carbocycles. The molecule has 0 aliphatic heterocycles. The summed E-state index contributed by atoms with van der Waals surface area (Å²) in [6.45, 7) is 2.09. The molecule has 0 radical (unpaired) electrons. The van der Waals surface area contributed by atoms with Crippen LogP contribution in [0.4, 0.5) is 18.9 Å².